The number of benzene rings is 18. The van der Waals surface area contributed by atoms with Gasteiger partial charge >= 0.3 is 0 Å². The summed E-state index contributed by atoms with van der Waals surface area (Å²) in [7, 11) is 0. The Balaban J connectivity index is 0.000000159. The molecular weight excluding hydrogens is 1340 g/mol. The van der Waals surface area contributed by atoms with E-state index >= 15 is 0 Å². The Labute approximate surface area is 648 Å². The minimum Gasteiger partial charge on any atom is -0.456 e. The van der Waals surface area contributed by atoms with Gasteiger partial charge in [0.05, 0.1) is 11.4 Å². The van der Waals surface area contributed by atoms with E-state index < -0.39 is 0 Å². The van der Waals surface area contributed by atoms with Gasteiger partial charge in [0.25, 0.3) is 0 Å². The fraction of sp³-hybridized carbons (Fsp3) is 0.0280. The first-order valence-electron chi connectivity index (χ1n) is 38.2. The molecule has 4 heteroatoms. The average molecular weight is 1420 g/mol. The average Bonchev–Trinajstić information content (AvgIpc) is 1.57. The van der Waals surface area contributed by atoms with E-state index in [1.807, 2.05) is 12.1 Å². The molecule has 0 atom stereocenters. The van der Waals surface area contributed by atoms with Crippen LogP contribution in [0.4, 0.5) is 51.2 Å². The molecule has 0 saturated carbocycles. The Bertz CT molecular complexity index is 6320. The molecule has 4 nitrogen and oxygen atoms in total. The van der Waals surface area contributed by atoms with Crippen LogP contribution in [0.15, 0.2) is 435 Å². The third kappa shape index (κ3) is 13.0. The zero-order valence-corrected chi connectivity index (χ0v) is 61.7. The van der Waals surface area contributed by atoms with E-state index in [-0.39, 0.29) is 5.41 Å². The van der Waals surface area contributed by atoms with Crippen LogP contribution in [0.1, 0.15) is 25.0 Å². The Kier molecular flexibility index (Phi) is 17.6. The Morgan fingerprint density at radius 1 is 0.189 bits per heavy atom. The highest BCUT2D eigenvalue weighted by atomic mass is 16.3. The lowest BCUT2D eigenvalue weighted by Gasteiger charge is -2.28. The molecule has 0 bridgehead atoms. The molecule has 0 unspecified atom stereocenters. The summed E-state index contributed by atoms with van der Waals surface area (Å²) in [6, 6.07) is 155. The number of furan rings is 1. The fourth-order valence-electron chi connectivity index (χ4n) is 16.4. The Morgan fingerprint density at radius 3 is 0.973 bits per heavy atom. The molecule has 1 aliphatic rings. The van der Waals surface area contributed by atoms with Gasteiger partial charge in [0.15, 0.2) is 0 Å². The maximum absolute atomic E-state index is 6.17. The van der Waals surface area contributed by atoms with Crippen LogP contribution < -0.4 is 14.7 Å². The molecule has 526 valence electrons. The van der Waals surface area contributed by atoms with E-state index in [4.69, 9.17) is 4.42 Å². The van der Waals surface area contributed by atoms with Crippen LogP contribution in [-0.4, -0.2) is 0 Å². The van der Waals surface area contributed by atoms with Crippen molar-refractivity contribution in [2.24, 2.45) is 0 Å². The SMILES string of the molecule is CC1(C)c2cc(-c3ccccc3)ccc2-c2ccc(N(c3ccc(-c4cc(-c5ccccc5)cc(-c5ccccc5)c4)cc3)c3ccc(-c4ccc5oc6ccccc6c5c4)cc3)cc21.c1ccc(N(c2ccc(-c3ccc(N(c4ccccc4)c4cccc5ccccc45)cc3)cc2)c2cccc3ccccc23)cc1. The van der Waals surface area contributed by atoms with Crippen molar-refractivity contribution < 1.29 is 4.42 Å². The number of anilines is 9. The van der Waals surface area contributed by atoms with Crippen LogP contribution in [-0.2, 0) is 5.41 Å². The topological polar surface area (TPSA) is 22.9 Å². The van der Waals surface area contributed by atoms with Crippen molar-refractivity contribution in [1.29, 1.82) is 0 Å². The van der Waals surface area contributed by atoms with E-state index in [1.165, 1.54) is 99.4 Å². The molecule has 1 aromatic heterocycles. The lowest BCUT2D eigenvalue weighted by Crippen LogP contribution is -2.16. The van der Waals surface area contributed by atoms with Crippen LogP contribution in [0, 0.1) is 0 Å². The number of para-hydroxylation sites is 3. The van der Waals surface area contributed by atoms with Gasteiger partial charge in [0.2, 0.25) is 0 Å². The molecule has 0 fully saturated rings. The number of hydrogen-bond acceptors (Lipinski definition) is 4. The second-order valence-electron chi connectivity index (χ2n) is 29.2. The minimum absolute atomic E-state index is 0.193. The predicted molar refractivity (Wildman–Crippen MR) is 469 cm³/mol. The first-order valence-corrected chi connectivity index (χ1v) is 38.2. The van der Waals surface area contributed by atoms with Crippen molar-refractivity contribution in [2.45, 2.75) is 19.3 Å². The number of rotatable bonds is 15. The highest BCUT2D eigenvalue weighted by Crippen LogP contribution is 2.53. The summed E-state index contributed by atoms with van der Waals surface area (Å²) in [5.74, 6) is 0. The smallest absolute Gasteiger partial charge is 0.135 e. The van der Waals surface area contributed by atoms with Crippen LogP contribution >= 0.6 is 0 Å². The molecule has 1 aliphatic carbocycles. The number of fused-ring (bicyclic) bond motifs is 8. The summed E-state index contributed by atoms with van der Waals surface area (Å²) >= 11 is 0. The first kappa shape index (κ1) is 67.3. The van der Waals surface area contributed by atoms with Gasteiger partial charge in [-0.1, -0.05) is 305 Å². The van der Waals surface area contributed by atoms with Crippen molar-refractivity contribution in [3.8, 4) is 77.9 Å². The maximum atomic E-state index is 6.17. The molecule has 111 heavy (non-hydrogen) atoms. The van der Waals surface area contributed by atoms with Gasteiger partial charge in [0, 0.05) is 66.8 Å². The Hall–Kier alpha value is -14.3. The van der Waals surface area contributed by atoms with Crippen LogP contribution in [0.25, 0.3) is 121 Å². The first-order chi connectivity index (χ1) is 54.8. The largest absolute Gasteiger partial charge is 0.456 e. The molecule has 0 N–H and O–H groups in total. The van der Waals surface area contributed by atoms with Crippen LogP contribution in [0.2, 0.25) is 0 Å². The summed E-state index contributed by atoms with van der Waals surface area (Å²) < 4.78 is 6.17. The molecular formula is C107H77N3O. The van der Waals surface area contributed by atoms with Crippen molar-refractivity contribution in [3.63, 3.8) is 0 Å². The molecule has 0 spiro atoms. The van der Waals surface area contributed by atoms with Gasteiger partial charge in [-0.05, 0) is 239 Å². The lowest BCUT2D eigenvalue weighted by molar-refractivity contribution is 0.660. The standard InChI is InChI=1S/C63H45NO.C44H32N2/c1-63(2)59-40-48(42-14-6-3-7-15-42)26-33-55(59)56-34-32-54(41-60(56)63)64(52-28-22-45(23-29-52)47-27-35-62-58(39-47)57-20-12-13-21-61(57)65-62)53-30-24-46(25-31-53)51-37-49(43-16-8-4-9-17-43)36-50(38-51)44-18-10-5-11-19-44;1-3-17-37(18-4-1)45(43-23-11-15-35-13-7-9-21-41(35)43)39-29-25-33(26-30-39)34-27-31-40(32-28-34)46(38-19-5-2-6-20-38)44-24-12-16-36-14-8-10-22-42(36)44/h3-41H,1-2H3;1-32H. The molecule has 18 aromatic carbocycles. The second kappa shape index (κ2) is 29.1. The van der Waals surface area contributed by atoms with Crippen molar-refractivity contribution in [3.05, 3.63) is 442 Å². The third-order valence-corrected chi connectivity index (χ3v) is 22.1. The van der Waals surface area contributed by atoms with Gasteiger partial charge in [-0.3, -0.25) is 0 Å². The zero-order chi connectivity index (χ0) is 74.2. The second-order valence-corrected chi connectivity index (χ2v) is 29.2. The summed E-state index contributed by atoms with van der Waals surface area (Å²) in [6.07, 6.45) is 0. The molecule has 0 aliphatic heterocycles. The molecule has 19 aromatic rings. The van der Waals surface area contributed by atoms with E-state index in [1.54, 1.807) is 0 Å². The summed E-state index contributed by atoms with van der Waals surface area (Å²) in [5, 5.41) is 7.17. The highest BCUT2D eigenvalue weighted by Gasteiger charge is 2.37. The van der Waals surface area contributed by atoms with E-state index in [2.05, 4.69) is 447 Å². The normalized spacial score (nSPS) is 11.9. The molecule has 0 saturated heterocycles. The quantitative estimate of drug-likeness (QED) is 0.102. The zero-order valence-electron chi connectivity index (χ0n) is 61.7. The molecule has 1 heterocycles. The minimum atomic E-state index is -0.193. The fourth-order valence-corrected chi connectivity index (χ4v) is 16.4. The van der Waals surface area contributed by atoms with E-state index in [0.29, 0.717) is 0 Å². The third-order valence-electron chi connectivity index (χ3n) is 22.1. The van der Waals surface area contributed by atoms with Gasteiger partial charge in [-0.2, -0.15) is 0 Å². The van der Waals surface area contributed by atoms with Crippen molar-refractivity contribution in [2.75, 3.05) is 14.7 Å². The van der Waals surface area contributed by atoms with Gasteiger partial charge in [0.1, 0.15) is 11.2 Å². The number of hydrogen-bond donors (Lipinski definition) is 0. The van der Waals surface area contributed by atoms with Crippen LogP contribution in [0.5, 0.6) is 0 Å². The maximum Gasteiger partial charge on any atom is 0.135 e. The summed E-state index contributed by atoms with van der Waals surface area (Å²) in [5.41, 5.74) is 31.4. The molecule has 0 radical (unpaired) electrons. The van der Waals surface area contributed by atoms with Crippen LogP contribution in [0.3, 0.4) is 0 Å². The van der Waals surface area contributed by atoms with Crippen molar-refractivity contribution >= 4 is 94.7 Å². The summed E-state index contributed by atoms with van der Waals surface area (Å²) in [6.45, 7) is 4.74. The van der Waals surface area contributed by atoms with Crippen molar-refractivity contribution in [1.82, 2.24) is 0 Å². The molecule has 20 rings (SSSR count). The molecule has 0 amide bonds. The Morgan fingerprint density at radius 2 is 0.495 bits per heavy atom. The van der Waals surface area contributed by atoms with E-state index in [0.717, 1.165) is 84.3 Å². The van der Waals surface area contributed by atoms with Gasteiger partial charge in [-0.15, -0.1) is 0 Å². The number of nitrogens with zero attached hydrogens (tertiary/aromatic N) is 3. The predicted octanol–water partition coefficient (Wildman–Crippen LogP) is 30.3. The van der Waals surface area contributed by atoms with Gasteiger partial charge in [-0.25, -0.2) is 0 Å². The monoisotopic (exact) mass is 1420 g/mol. The van der Waals surface area contributed by atoms with E-state index in [9.17, 15) is 0 Å². The summed E-state index contributed by atoms with van der Waals surface area (Å²) in [4.78, 5) is 7.10. The van der Waals surface area contributed by atoms with Gasteiger partial charge < -0.3 is 19.1 Å². The lowest BCUT2D eigenvalue weighted by atomic mass is 9.81. The highest BCUT2D eigenvalue weighted by molar-refractivity contribution is 6.07.